The highest BCUT2D eigenvalue weighted by molar-refractivity contribution is 5.72. The average Bonchev–Trinajstić information content (AvgIpc) is 2.73. The molecule has 3 heteroatoms. The molecule has 0 radical (unpaired) electrons. The second kappa shape index (κ2) is 11.5. The number of ether oxygens (including phenoxy) is 2. The summed E-state index contributed by atoms with van der Waals surface area (Å²) < 4.78 is 11.4. The summed E-state index contributed by atoms with van der Waals surface area (Å²) in [6.45, 7) is 8.81. The number of benzene rings is 2. The Hall–Kier alpha value is -2.29. The van der Waals surface area contributed by atoms with E-state index in [9.17, 15) is 4.79 Å². The number of hydrogen-bond acceptors (Lipinski definition) is 3. The van der Waals surface area contributed by atoms with Crippen molar-refractivity contribution < 1.29 is 14.3 Å². The quantitative estimate of drug-likeness (QED) is 0.311. The number of esters is 1. The lowest BCUT2D eigenvalue weighted by Crippen LogP contribution is -2.16. The molecule has 0 saturated carbocycles. The molecule has 152 valence electrons. The van der Waals surface area contributed by atoms with Gasteiger partial charge in [0, 0.05) is 0 Å². The van der Waals surface area contributed by atoms with Crippen LogP contribution in [-0.4, -0.2) is 12.6 Å². The lowest BCUT2D eigenvalue weighted by Gasteiger charge is -2.16. The van der Waals surface area contributed by atoms with E-state index in [1.165, 1.54) is 19.3 Å². The number of rotatable bonds is 11. The Morgan fingerprint density at radius 2 is 1.46 bits per heavy atom. The van der Waals surface area contributed by atoms with Crippen LogP contribution in [0.1, 0.15) is 71.5 Å². The van der Waals surface area contributed by atoms with E-state index < -0.39 is 0 Å². The van der Waals surface area contributed by atoms with Crippen LogP contribution in [0.2, 0.25) is 0 Å². The predicted octanol–water partition coefficient (Wildman–Crippen LogP) is 6.96. The van der Waals surface area contributed by atoms with Gasteiger partial charge in [0.1, 0.15) is 11.9 Å². The molecule has 2 rings (SSSR count). The van der Waals surface area contributed by atoms with Crippen LogP contribution < -0.4 is 4.74 Å². The molecule has 2 unspecified atom stereocenters. The van der Waals surface area contributed by atoms with Crippen LogP contribution in [0.25, 0.3) is 11.1 Å². The molecule has 0 aliphatic heterocycles. The highest BCUT2D eigenvalue weighted by atomic mass is 16.5. The maximum Gasteiger partial charge on any atom is 0.309 e. The van der Waals surface area contributed by atoms with Crippen molar-refractivity contribution in [2.24, 2.45) is 5.92 Å². The maximum atomic E-state index is 12.0. The van der Waals surface area contributed by atoms with Gasteiger partial charge in [-0.25, -0.2) is 0 Å². The van der Waals surface area contributed by atoms with E-state index in [0.29, 0.717) is 0 Å². The van der Waals surface area contributed by atoms with Gasteiger partial charge in [0.2, 0.25) is 0 Å². The molecule has 0 aliphatic rings. The molecule has 2 atom stereocenters. The zero-order chi connectivity index (χ0) is 20.4. The largest absolute Gasteiger partial charge is 0.494 e. The topological polar surface area (TPSA) is 35.5 Å². The molecule has 2 aromatic rings. The number of hydrogen-bond donors (Lipinski definition) is 0. The smallest absolute Gasteiger partial charge is 0.309 e. The fourth-order valence-electron chi connectivity index (χ4n) is 2.93. The normalized spacial score (nSPS) is 13.0. The highest BCUT2D eigenvalue weighted by Crippen LogP contribution is 2.26. The number of carbonyl (C=O) groups excluding carboxylic acids is 1. The minimum absolute atomic E-state index is 0.0610. The molecule has 3 nitrogen and oxygen atoms in total. The van der Waals surface area contributed by atoms with Gasteiger partial charge in [-0.05, 0) is 48.6 Å². The van der Waals surface area contributed by atoms with Crippen molar-refractivity contribution >= 4 is 5.97 Å². The molecular formula is C25H34O3. The summed E-state index contributed by atoms with van der Waals surface area (Å²) in [6, 6.07) is 16.4. The molecule has 0 aliphatic carbocycles. The molecule has 0 fully saturated rings. The van der Waals surface area contributed by atoms with Gasteiger partial charge in [0.15, 0.2) is 0 Å². The van der Waals surface area contributed by atoms with Gasteiger partial charge in [-0.15, -0.1) is 0 Å². The summed E-state index contributed by atoms with van der Waals surface area (Å²) in [6.07, 6.45) is 5.41. The van der Waals surface area contributed by atoms with E-state index in [-0.39, 0.29) is 18.0 Å². The Morgan fingerprint density at radius 1 is 0.857 bits per heavy atom. The number of unbranched alkanes of at least 4 members (excludes halogenated alkanes) is 3. The van der Waals surface area contributed by atoms with Crippen LogP contribution in [0.4, 0.5) is 0 Å². The first-order valence-corrected chi connectivity index (χ1v) is 10.6. The Balaban J connectivity index is 1.91. The Bertz CT molecular complexity index is 704. The van der Waals surface area contributed by atoms with Crippen molar-refractivity contribution in [3.63, 3.8) is 0 Å². The molecular weight excluding hydrogens is 348 g/mol. The first-order chi connectivity index (χ1) is 13.5. The van der Waals surface area contributed by atoms with Gasteiger partial charge in [0.05, 0.1) is 12.5 Å². The first kappa shape index (κ1) is 22.0. The van der Waals surface area contributed by atoms with Gasteiger partial charge < -0.3 is 9.47 Å². The molecule has 2 aromatic carbocycles. The Morgan fingerprint density at radius 3 is 2.04 bits per heavy atom. The Kier molecular flexibility index (Phi) is 9.06. The molecule has 0 bridgehead atoms. The van der Waals surface area contributed by atoms with Crippen molar-refractivity contribution in [1.29, 1.82) is 0 Å². The summed E-state index contributed by atoms with van der Waals surface area (Å²) in [4.78, 5) is 12.0. The van der Waals surface area contributed by atoms with E-state index in [1.54, 1.807) is 0 Å². The van der Waals surface area contributed by atoms with Crippen molar-refractivity contribution in [2.75, 3.05) is 6.61 Å². The Labute approximate surface area is 170 Å². The van der Waals surface area contributed by atoms with E-state index >= 15 is 0 Å². The van der Waals surface area contributed by atoms with Gasteiger partial charge in [0.25, 0.3) is 0 Å². The summed E-state index contributed by atoms with van der Waals surface area (Å²) in [5.41, 5.74) is 3.29. The van der Waals surface area contributed by atoms with Crippen molar-refractivity contribution in [1.82, 2.24) is 0 Å². The lowest BCUT2D eigenvalue weighted by molar-refractivity contribution is -0.153. The minimum atomic E-state index is -0.237. The van der Waals surface area contributed by atoms with E-state index in [0.717, 1.165) is 41.9 Å². The van der Waals surface area contributed by atoms with Crippen LogP contribution in [0.3, 0.4) is 0 Å². The second-order valence-electron chi connectivity index (χ2n) is 7.44. The SMILES string of the molecule is CCCCCCOc1ccc(-c2ccc(C(C)OC(=O)C(C)CC)cc2)cc1. The van der Waals surface area contributed by atoms with Crippen LogP contribution in [-0.2, 0) is 9.53 Å². The predicted molar refractivity (Wildman–Crippen MR) is 115 cm³/mol. The van der Waals surface area contributed by atoms with Crippen molar-refractivity contribution in [3.8, 4) is 16.9 Å². The van der Waals surface area contributed by atoms with Gasteiger partial charge in [-0.3, -0.25) is 4.79 Å². The van der Waals surface area contributed by atoms with Crippen LogP contribution in [0.5, 0.6) is 5.75 Å². The van der Waals surface area contributed by atoms with Crippen molar-refractivity contribution in [3.05, 3.63) is 54.1 Å². The van der Waals surface area contributed by atoms with E-state index in [4.69, 9.17) is 9.47 Å². The monoisotopic (exact) mass is 382 g/mol. The zero-order valence-electron chi connectivity index (χ0n) is 17.7. The summed E-state index contributed by atoms with van der Waals surface area (Å²) in [5, 5.41) is 0. The maximum absolute atomic E-state index is 12.0. The van der Waals surface area contributed by atoms with E-state index in [2.05, 4.69) is 31.2 Å². The number of carbonyl (C=O) groups is 1. The minimum Gasteiger partial charge on any atom is -0.494 e. The highest BCUT2D eigenvalue weighted by Gasteiger charge is 2.16. The summed E-state index contributed by atoms with van der Waals surface area (Å²) >= 11 is 0. The van der Waals surface area contributed by atoms with Crippen molar-refractivity contribution in [2.45, 2.75) is 65.9 Å². The molecule has 28 heavy (non-hydrogen) atoms. The van der Waals surface area contributed by atoms with Gasteiger partial charge >= 0.3 is 5.97 Å². The standard InChI is InChI=1S/C25H34O3/c1-5-7-8-9-18-27-24-16-14-23(15-17-24)22-12-10-21(11-13-22)20(4)28-25(26)19(3)6-2/h10-17,19-20H,5-9,18H2,1-4H3. The third-order valence-electron chi connectivity index (χ3n) is 5.14. The average molecular weight is 383 g/mol. The van der Waals surface area contributed by atoms with Crippen LogP contribution in [0, 0.1) is 5.92 Å². The molecule has 0 saturated heterocycles. The third-order valence-corrected chi connectivity index (χ3v) is 5.14. The zero-order valence-corrected chi connectivity index (χ0v) is 17.7. The summed E-state index contributed by atoms with van der Waals surface area (Å²) in [7, 11) is 0. The van der Waals surface area contributed by atoms with Gasteiger partial charge in [-0.1, -0.05) is 76.4 Å². The van der Waals surface area contributed by atoms with Crippen LogP contribution >= 0.6 is 0 Å². The fourth-order valence-corrected chi connectivity index (χ4v) is 2.93. The molecule has 0 spiro atoms. The first-order valence-electron chi connectivity index (χ1n) is 10.6. The second-order valence-corrected chi connectivity index (χ2v) is 7.44. The molecule has 0 amide bonds. The van der Waals surface area contributed by atoms with E-state index in [1.807, 2.05) is 45.0 Å². The van der Waals surface area contributed by atoms with Gasteiger partial charge in [-0.2, -0.15) is 0 Å². The fraction of sp³-hybridized carbons (Fsp3) is 0.480. The summed E-state index contributed by atoms with van der Waals surface area (Å²) in [5.74, 6) is 0.723. The molecule has 0 heterocycles. The third kappa shape index (κ3) is 6.70. The molecule has 0 N–H and O–H groups in total. The lowest BCUT2D eigenvalue weighted by atomic mass is 10.0. The molecule has 0 aromatic heterocycles. The van der Waals surface area contributed by atoms with Crippen LogP contribution in [0.15, 0.2) is 48.5 Å².